The predicted molar refractivity (Wildman–Crippen MR) is 145 cm³/mol. The summed E-state index contributed by atoms with van der Waals surface area (Å²) in [6.07, 6.45) is 1.65. The number of benzene rings is 3. The van der Waals surface area contributed by atoms with Gasteiger partial charge in [0, 0.05) is 20.7 Å². The van der Waals surface area contributed by atoms with Gasteiger partial charge in [0.15, 0.2) is 23.0 Å². The van der Waals surface area contributed by atoms with Crippen LogP contribution in [-0.4, -0.2) is 45.1 Å². The van der Waals surface area contributed by atoms with Crippen LogP contribution in [0.5, 0.6) is 23.0 Å². The highest BCUT2D eigenvalue weighted by Crippen LogP contribution is 2.35. The van der Waals surface area contributed by atoms with Crippen LogP contribution >= 0.6 is 22.6 Å². The molecule has 0 aliphatic heterocycles. The summed E-state index contributed by atoms with van der Waals surface area (Å²) in [6, 6.07) is 17.9. The van der Waals surface area contributed by atoms with E-state index in [-0.39, 0.29) is 0 Å². The topological polar surface area (TPSA) is 88.5 Å². The third-order valence-corrected chi connectivity index (χ3v) is 6.40. The average Bonchev–Trinajstić information content (AvgIpc) is 2.92. The van der Waals surface area contributed by atoms with Crippen LogP contribution in [0.4, 0.5) is 0 Å². The third-order valence-electron chi connectivity index (χ3n) is 5.46. The first-order chi connectivity index (χ1) is 17.5. The standard InChI is InChI=1S/C27H23IN2O6/c1-32-21-10-9-17(14-22(21)33-2)25(30-36-27(31)18-7-5-6-8-20(18)28)26-19-15-24(35-4)23(34-3)13-16(19)11-12-29-26/h5-15H,1-4H3/b30-25+. The van der Waals surface area contributed by atoms with Crippen LogP contribution in [0.15, 0.2) is 72.0 Å². The lowest BCUT2D eigenvalue weighted by Gasteiger charge is -2.14. The lowest BCUT2D eigenvalue weighted by Crippen LogP contribution is -2.11. The number of ether oxygens (including phenoxy) is 4. The number of methoxy groups -OCH3 is 4. The van der Waals surface area contributed by atoms with E-state index in [4.69, 9.17) is 23.8 Å². The number of hydrogen-bond donors (Lipinski definition) is 0. The first-order valence-electron chi connectivity index (χ1n) is 10.8. The summed E-state index contributed by atoms with van der Waals surface area (Å²) in [6.45, 7) is 0. The molecule has 0 aliphatic carbocycles. The molecule has 0 amide bonds. The monoisotopic (exact) mass is 598 g/mol. The quantitative estimate of drug-likeness (QED) is 0.115. The van der Waals surface area contributed by atoms with Crippen LogP contribution in [-0.2, 0) is 4.84 Å². The number of carbonyl (C=O) groups excluding carboxylic acids is 1. The summed E-state index contributed by atoms with van der Waals surface area (Å²) < 4.78 is 22.6. The molecule has 4 aromatic rings. The Hall–Kier alpha value is -3.86. The fourth-order valence-corrected chi connectivity index (χ4v) is 4.27. The van der Waals surface area contributed by atoms with Gasteiger partial charge in [-0.3, -0.25) is 4.98 Å². The van der Waals surface area contributed by atoms with Crippen molar-refractivity contribution in [2.24, 2.45) is 5.16 Å². The summed E-state index contributed by atoms with van der Waals surface area (Å²) in [5.41, 5.74) is 1.83. The van der Waals surface area contributed by atoms with E-state index < -0.39 is 5.97 Å². The summed E-state index contributed by atoms with van der Waals surface area (Å²) in [7, 11) is 6.24. The smallest absolute Gasteiger partial charge is 0.366 e. The van der Waals surface area contributed by atoms with Gasteiger partial charge in [0.25, 0.3) is 0 Å². The van der Waals surface area contributed by atoms with E-state index in [0.717, 1.165) is 14.3 Å². The van der Waals surface area contributed by atoms with Crippen molar-refractivity contribution < 1.29 is 28.6 Å². The van der Waals surface area contributed by atoms with Crippen LogP contribution < -0.4 is 18.9 Å². The SMILES string of the molecule is COc1ccc(/C(=N\OC(=O)c2ccccc2I)c2nccc3cc(OC)c(OC)cc23)cc1OC. The van der Waals surface area contributed by atoms with E-state index >= 15 is 0 Å². The van der Waals surface area contributed by atoms with E-state index in [2.05, 4.69) is 32.7 Å². The van der Waals surface area contributed by atoms with Crippen molar-refractivity contribution in [2.75, 3.05) is 28.4 Å². The minimum Gasteiger partial charge on any atom is -0.493 e. The molecule has 36 heavy (non-hydrogen) atoms. The molecule has 8 nitrogen and oxygen atoms in total. The number of nitrogens with zero attached hydrogens (tertiary/aromatic N) is 2. The number of aromatic nitrogens is 1. The fourth-order valence-electron chi connectivity index (χ4n) is 3.67. The molecule has 3 aromatic carbocycles. The molecule has 0 saturated heterocycles. The number of hydrogen-bond acceptors (Lipinski definition) is 8. The van der Waals surface area contributed by atoms with E-state index in [1.165, 1.54) is 0 Å². The van der Waals surface area contributed by atoms with Gasteiger partial charge in [-0.1, -0.05) is 17.3 Å². The van der Waals surface area contributed by atoms with Crippen LogP contribution in [0.25, 0.3) is 10.8 Å². The lowest BCUT2D eigenvalue weighted by atomic mass is 10.0. The summed E-state index contributed by atoms with van der Waals surface area (Å²) >= 11 is 2.08. The van der Waals surface area contributed by atoms with Gasteiger partial charge in [-0.15, -0.1) is 0 Å². The Morgan fingerprint density at radius 2 is 1.47 bits per heavy atom. The third kappa shape index (κ3) is 5.06. The predicted octanol–water partition coefficient (Wildman–Crippen LogP) is 5.48. The first-order valence-corrected chi connectivity index (χ1v) is 11.9. The van der Waals surface area contributed by atoms with Crippen LogP contribution in [0, 0.1) is 3.57 Å². The van der Waals surface area contributed by atoms with Gasteiger partial charge in [0.05, 0.1) is 34.0 Å². The first kappa shape index (κ1) is 25.2. The lowest BCUT2D eigenvalue weighted by molar-refractivity contribution is 0.0515. The number of carbonyl (C=O) groups is 1. The van der Waals surface area contributed by atoms with Crippen LogP contribution in [0.3, 0.4) is 0 Å². The Morgan fingerprint density at radius 1 is 0.806 bits per heavy atom. The van der Waals surface area contributed by atoms with Crippen molar-refractivity contribution >= 4 is 45.0 Å². The molecule has 0 radical (unpaired) electrons. The maximum absolute atomic E-state index is 12.9. The molecule has 184 valence electrons. The minimum absolute atomic E-state index is 0.327. The number of fused-ring (bicyclic) bond motifs is 1. The Balaban J connectivity index is 1.90. The van der Waals surface area contributed by atoms with Gasteiger partial charge in [0.1, 0.15) is 11.4 Å². The number of rotatable bonds is 8. The van der Waals surface area contributed by atoms with E-state index in [1.807, 2.05) is 30.3 Å². The number of oxime groups is 1. The summed E-state index contributed by atoms with van der Waals surface area (Å²) in [5, 5.41) is 5.87. The van der Waals surface area contributed by atoms with Crippen molar-refractivity contribution in [3.8, 4) is 23.0 Å². The molecule has 0 fully saturated rings. The van der Waals surface area contributed by atoms with Crippen LogP contribution in [0.1, 0.15) is 21.6 Å². The van der Waals surface area contributed by atoms with Gasteiger partial charge in [-0.25, -0.2) is 4.79 Å². The summed E-state index contributed by atoms with van der Waals surface area (Å²) in [4.78, 5) is 22.9. The maximum atomic E-state index is 12.9. The van der Waals surface area contributed by atoms with Crippen molar-refractivity contribution in [3.63, 3.8) is 0 Å². The molecule has 1 heterocycles. The number of pyridine rings is 1. The zero-order valence-corrected chi connectivity index (χ0v) is 22.2. The molecule has 1 aromatic heterocycles. The van der Waals surface area contributed by atoms with Gasteiger partial charge in [-0.2, -0.15) is 0 Å². The van der Waals surface area contributed by atoms with Gasteiger partial charge in [0.2, 0.25) is 0 Å². The van der Waals surface area contributed by atoms with Crippen molar-refractivity contribution in [1.29, 1.82) is 0 Å². The zero-order chi connectivity index (χ0) is 25.7. The van der Waals surface area contributed by atoms with E-state index in [1.54, 1.807) is 65.0 Å². The molecule has 4 rings (SSSR count). The van der Waals surface area contributed by atoms with E-state index in [9.17, 15) is 4.79 Å². The Morgan fingerprint density at radius 3 is 2.17 bits per heavy atom. The molecule has 0 bridgehead atoms. The molecular weight excluding hydrogens is 575 g/mol. The van der Waals surface area contributed by atoms with Crippen molar-refractivity contribution in [2.45, 2.75) is 0 Å². The maximum Gasteiger partial charge on any atom is 0.366 e. The van der Waals surface area contributed by atoms with Crippen molar-refractivity contribution in [3.05, 3.63) is 87.3 Å². The molecule has 0 saturated carbocycles. The molecular formula is C27H23IN2O6. The molecule has 0 spiro atoms. The van der Waals surface area contributed by atoms with Gasteiger partial charge >= 0.3 is 5.97 Å². The second-order valence-corrected chi connectivity index (χ2v) is 8.62. The Labute approximate surface area is 221 Å². The van der Waals surface area contributed by atoms with Gasteiger partial charge in [-0.05, 0) is 76.5 Å². The Bertz CT molecular complexity index is 1450. The highest BCUT2D eigenvalue weighted by Gasteiger charge is 2.20. The molecule has 0 aliphatic rings. The van der Waals surface area contributed by atoms with Gasteiger partial charge < -0.3 is 23.8 Å². The number of halogens is 1. The highest BCUT2D eigenvalue weighted by molar-refractivity contribution is 14.1. The van der Waals surface area contributed by atoms with Crippen LogP contribution in [0.2, 0.25) is 0 Å². The molecule has 0 N–H and O–H groups in total. The van der Waals surface area contributed by atoms with Crippen molar-refractivity contribution in [1.82, 2.24) is 4.98 Å². The second-order valence-electron chi connectivity index (χ2n) is 7.46. The summed E-state index contributed by atoms with van der Waals surface area (Å²) in [5.74, 6) is 1.57. The molecule has 9 heteroatoms. The molecule has 0 unspecified atom stereocenters. The minimum atomic E-state index is -0.586. The average molecular weight is 598 g/mol. The highest BCUT2D eigenvalue weighted by atomic mass is 127. The zero-order valence-electron chi connectivity index (χ0n) is 20.1. The second kappa shape index (κ2) is 11.3. The Kier molecular flexibility index (Phi) is 7.89. The largest absolute Gasteiger partial charge is 0.493 e. The normalized spacial score (nSPS) is 11.2. The van der Waals surface area contributed by atoms with E-state index in [0.29, 0.717) is 45.5 Å². The molecule has 0 atom stereocenters. The fraction of sp³-hybridized carbons (Fsp3) is 0.148.